The second-order valence-electron chi connectivity index (χ2n) is 8.75. The van der Waals surface area contributed by atoms with Crippen LogP contribution in [0.25, 0.3) is 11.3 Å². The maximum absolute atomic E-state index is 13.3. The van der Waals surface area contributed by atoms with E-state index in [9.17, 15) is 26.4 Å². The van der Waals surface area contributed by atoms with E-state index in [1.807, 2.05) is 12.2 Å². The topological polar surface area (TPSA) is 114 Å². The van der Waals surface area contributed by atoms with Crippen LogP contribution in [0, 0.1) is 5.92 Å². The maximum atomic E-state index is 13.3. The summed E-state index contributed by atoms with van der Waals surface area (Å²) < 4.78 is 71.5. The first kappa shape index (κ1) is 25.1. The van der Waals surface area contributed by atoms with Gasteiger partial charge in [0.05, 0.1) is 5.69 Å². The number of alkyl halides is 3. The number of ether oxygens (including phenoxy) is 1. The number of rotatable bonds is 6. The Kier molecular flexibility index (Phi) is 6.58. The van der Waals surface area contributed by atoms with E-state index in [0.717, 1.165) is 12.4 Å². The largest absolute Gasteiger partial charge is 0.474 e. The summed E-state index contributed by atoms with van der Waals surface area (Å²) in [6.07, 6.45) is 8.24. The van der Waals surface area contributed by atoms with Crippen LogP contribution in [0.1, 0.15) is 24.2 Å². The van der Waals surface area contributed by atoms with E-state index in [-0.39, 0.29) is 35.8 Å². The van der Waals surface area contributed by atoms with Gasteiger partial charge in [0.1, 0.15) is 12.1 Å². The number of fused-ring (bicyclic) bond motifs is 1. The molecule has 2 aromatic rings. The van der Waals surface area contributed by atoms with Crippen molar-refractivity contribution >= 4 is 15.9 Å². The molecule has 4 heterocycles. The lowest BCUT2D eigenvalue weighted by Gasteiger charge is -2.24. The van der Waals surface area contributed by atoms with Gasteiger partial charge in [-0.1, -0.05) is 18.2 Å². The number of nitrogens with one attached hydrogen (secondary N) is 1. The minimum atomic E-state index is -4.65. The lowest BCUT2D eigenvalue weighted by molar-refractivity contribution is -0.145. The Labute approximate surface area is 210 Å². The predicted molar refractivity (Wildman–Crippen MR) is 125 cm³/mol. The highest BCUT2D eigenvalue weighted by Crippen LogP contribution is 2.35. The molecule has 3 aliphatic rings. The minimum absolute atomic E-state index is 0.0686. The van der Waals surface area contributed by atoms with Crippen LogP contribution in [0.15, 0.2) is 66.2 Å². The molecule has 3 atom stereocenters. The zero-order valence-electron chi connectivity index (χ0n) is 19.3. The van der Waals surface area contributed by atoms with Crippen molar-refractivity contribution in [2.75, 3.05) is 6.54 Å². The van der Waals surface area contributed by atoms with Gasteiger partial charge in [-0.3, -0.25) is 9.78 Å². The number of aromatic nitrogens is 3. The van der Waals surface area contributed by atoms with Gasteiger partial charge in [0, 0.05) is 43.2 Å². The van der Waals surface area contributed by atoms with Gasteiger partial charge in [-0.25, -0.2) is 18.4 Å². The molecule has 2 aromatic heterocycles. The Hall–Kier alpha value is -3.58. The molecule has 13 heteroatoms. The minimum Gasteiger partial charge on any atom is -0.474 e. The summed E-state index contributed by atoms with van der Waals surface area (Å²) in [5.74, 6) is -1.87. The van der Waals surface area contributed by atoms with Crippen LogP contribution < -0.4 is 5.32 Å². The number of nitrogens with zero attached hydrogens (tertiary/aromatic N) is 4. The first-order chi connectivity index (χ1) is 17.6. The van der Waals surface area contributed by atoms with E-state index in [1.54, 1.807) is 30.4 Å². The molecule has 9 nitrogen and oxygen atoms in total. The lowest BCUT2D eigenvalue weighted by atomic mass is 10.00. The number of hydrogen-bond donors (Lipinski definition) is 1. The third kappa shape index (κ3) is 5.14. The standard InChI is InChI=1S/C24H22F3N5O4S/c25-24(26,27)23-30-13-17(14-31-23)18-10-15(7-8-28-18)12-29-22(33)19-5-3-9-32(19)37(34,35)21-11-16-4-1-2-6-20(16)36-21/h1-2,4,6-8,10-11,13-14,16,19-20H,3,5,9,12H2,(H,29,33). The van der Waals surface area contributed by atoms with E-state index in [4.69, 9.17) is 4.74 Å². The van der Waals surface area contributed by atoms with E-state index in [1.165, 1.54) is 10.5 Å². The smallest absolute Gasteiger partial charge is 0.451 e. The number of carbonyl (C=O) groups is 1. The van der Waals surface area contributed by atoms with E-state index in [2.05, 4.69) is 20.3 Å². The molecule has 0 bridgehead atoms. The summed E-state index contributed by atoms with van der Waals surface area (Å²) in [5, 5.41) is 2.61. The van der Waals surface area contributed by atoms with E-state index >= 15 is 0 Å². The van der Waals surface area contributed by atoms with Crippen molar-refractivity contribution in [2.45, 2.75) is 37.7 Å². The highest BCUT2D eigenvalue weighted by molar-refractivity contribution is 7.92. The summed E-state index contributed by atoms with van der Waals surface area (Å²) in [7, 11) is -3.99. The van der Waals surface area contributed by atoms with Gasteiger partial charge in [0.2, 0.25) is 16.8 Å². The van der Waals surface area contributed by atoms with Crippen LogP contribution in [0.4, 0.5) is 13.2 Å². The number of hydrogen-bond acceptors (Lipinski definition) is 7. The summed E-state index contributed by atoms with van der Waals surface area (Å²) in [6, 6.07) is 2.35. The average Bonchev–Trinajstić information content (AvgIpc) is 3.55. The molecule has 37 heavy (non-hydrogen) atoms. The Balaban J connectivity index is 1.25. The van der Waals surface area contributed by atoms with Crippen LogP contribution in [0.3, 0.4) is 0 Å². The molecule has 194 valence electrons. The molecule has 5 rings (SSSR count). The van der Waals surface area contributed by atoms with Gasteiger partial charge in [-0.2, -0.15) is 17.5 Å². The Bertz CT molecular complexity index is 1390. The molecule has 1 saturated heterocycles. The first-order valence-electron chi connectivity index (χ1n) is 11.5. The normalized spacial score (nSPS) is 23.4. The second kappa shape index (κ2) is 9.71. The summed E-state index contributed by atoms with van der Waals surface area (Å²) >= 11 is 0. The van der Waals surface area contributed by atoms with Gasteiger partial charge in [0.15, 0.2) is 0 Å². The average molecular weight is 534 g/mol. The highest BCUT2D eigenvalue weighted by Gasteiger charge is 2.44. The zero-order chi connectivity index (χ0) is 26.2. The molecular formula is C24H22F3N5O4S. The number of sulfonamides is 1. The fourth-order valence-electron chi connectivity index (χ4n) is 4.41. The Morgan fingerprint density at radius 3 is 2.65 bits per heavy atom. The van der Waals surface area contributed by atoms with E-state index < -0.39 is 34.0 Å². The van der Waals surface area contributed by atoms with E-state index in [0.29, 0.717) is 24.1 Å². The third-order valence-corrected chi connectivity index (χ3v) is 8.06. The number of carbonyl (C=O) groups excluding carboxylic acids is 1. The fraction of sp³-hybridized carbons (Fsp3) is 0.333. The second-order valence-corrected chi connectivity index (χ2v) is 10.6. The van der Waals surface area contributed by atoms with Crippen molar-refractivity contribution < 1.29 is 31.1 Å². The highest BCUT2D eigenvalue weighted by atomic mass is 32.2. The van der Waals surface area contributed by atoms with Crippen molar-refractivity contribution in [1.82, 2.24) is 24.6 Å². The molecule has 0 spiro atoms. The van der Waals surface area contributed by atoms with Gasteiger partial charge in [-0.15, -0.1) is 0 Å². The Morgan fingerprint density at radius 1 is 1.16 bits per heavy atom. The van der Waals surface area contributed by atoms with Gasteiger partial charge in [0.25, 0.3) is 10.0 Å². The van der Waals surface area contributed by atoms with Crippen LogP contribution in [-0.2, 0) is 32.3 Å². The van der Waals surface area contributed by atoms with Crippen molar-refractivity contribution in [2.24, 2.45) is 5.92 Å². The van der Waals surface area contributed by atoms with Gasteiger partial charge >= 0.3 is 6.18 Å². The first-order valence-corrected chi connectivity index (χ1v) is 12.9. The van der Waals surface area contributed by atoms with Crippen molar-refractivity contribution in [3.63, 3.8) is 0 Å². The molecule has 0 radical (unpaired) electrons. The third-order valence-electron chi connectivity index (χ3n) is 6.27. The molecule has 1 N–H and O–H groups in total. The lowest BCUT2D eigenvalue weighted by Crippen LogP contribution is -2.46. The van der Waals surface area contributed by atoms with Crippen LogP contribution in [0.2, 0.25) is 0 Å². The van der Waals surface area contributed by atoms with Crippen LogP contribution >= 0.6 is 0 Å². The van der Waals surface area contributed by atoms with Crippen molar-refractivity contribution in [1.29, 1.82) is 0 Å². The number of pyridine rings is 1. The predicted octanol–water partition coefficient (Wildman–Crippen LogP) is 2.95. The molecule has 1 amide bonds. The molecular weight excluding hydrogens is 511 g/mol. The zero-order valence-corrected chi connectivity index (χ0v) is 20.1. The quantitative estimate of drug-likeness (QED) is 0.607. The summed E-state index contributed by atoms with van der Waals surface area (Å²) in [6.45, 7) is 0.272. The summed E-state index contributed by atoms with van der Waals surface area (Å²) in [4.78, 5) is 23.8. The summed E-state index contributed by atoms with van der Waals surface area (Å²) in [5.41, 5.74) is 1.24. The number of halogens is 3. The SMILES string of the molecule is O=C(NCc1ccnc(-c2cnc(C(F)(F)F)nc2)c1)C1CCCN1S(=O)(=O)C1=CC2C=CC=CC2O1. The molecule has 0 saturated carbocycles. The Morgan fingerprint density at radius 2 is 1.92 bits per heavy atom. The molecule has 2 aliphatic heterocycles. The molecule has 1 aliphatic carbocycles. The van der Waals surface area contributed by atoms with Gasteiger partial charge < -0.3 is 10.1 Å². The number of amides is 1. The number of allylic oxidation sites excluding steroid dienone is 2. The monoisotopic (exact) mass is 533 g/mol. The molecule has 0 aromatic carbocycles. The van der Waals surface area contributed by atoms with Crippen molar-refractivity contribution in [3.05, 3.63) is 77.6 Å². The van der Waals surface area contributed by atoms with Gasteiger partial charge in [-0.05, 0) is 42.7 Å². The maximum Gasteiger partial charge on any atom is 0.451 e. The van der Waals surface area contributed by atoms with Crippen LogP contribution in [-0.4, -0.2) is 52.3 Å². The molecule has 3 unspecified atom stereocenters. The van der Waals surface area contributed by atoms with Crippen molar-refractivity contribution in [3.8, 4) is 11.3 Å². The molecule has 1 fully saturated rings. The van der Waals surface area contributed by atoms with Crippen LogP contribution in [0.5, 0.6) is 0 Å². The fourth-order valence-corrected chi connectivity index (χ4v) is 6.11.